The molecule has 0 atom stereocenters. The first-order valence-electron chi connectivity index (χ1n) is 6.42. The maximum absolute atomic E-state index is 10.1. The van der Waals surface area contributed by atoms with Crippen molar-refractivity contribution in [3.8, 4) is 11.5 Å². The Balaban J connectivity index is 2.69. The van der Waals surface area contributed by atoms with Gasteiger partial charge in [-0.05, 0) is 31.0 Å². The molecule has 106 valence electrons. The Morgan fingerprint density at radius 2 is 2.16 bits per heavy atom. The molecule has 0 aliphatic carbocycles. The average Bonchev–Trinajstić information content (AvgIpc) is 2.41. The summed E-state index contributed by atoms with van der Waals surface area (Å²) in [6.07, 6.45) is 3.54. The molecule has 0 radical (unpaired) electrons. The van der Waals surface area contributed by atoms with Crippen molar-refractivity contribution in [2.24, 2.45) is 0 Å². The molecule has 4 heteroatoms. The van der Waals surface area contributed by atoms with E-state index in [9.17, 15) is 5.11 Å². The highest BCUT2D eigenvalue weighted by Crippen LogP contribution is 2.31. The molecule has 0 amide bonds. The van der Waals surface area contributed by atoms with Crippen molar-refractivity contribution < 1.29 is 14.6 Å². The molecule has 0 saturated carbocycles. The number of phenolic OH excluding ortho intramolecular Hbond substituents is 1. The van der Waals surface area contributed by atoms with E-state index in [0.717, 1.165) is 37.1 Å². The van der Waals surface area contributed by atoms with Gasteiger partial charge in [0.1, 0.15) is 0 Å². The molecule has 0 saturated heterocycles. The minimum atomic E-state index is 0.203. The second-order valence-corrected chi connectivity index (χ2v) is 4.32. The van der Waals surface area contributed by atoms with E-state index in [1.54, 1.807) is 14.2 Å². The van der Waals surface area contributed by atoms with E-state index < -0.39 is 0 Å². The van der Waals surface area contributed by atoms with Crippen molar-refractivity contribution in [1.29, 1.82) is 0 Å². The molecule has 0 aliphatic rings. The van der Waals surface area contributed by atoms with E-state index in [0.29, 0.717) is 12.3 Å². The normalized spacial score (nSPS) is 10.4. The van der Waals surface area contributed by atoms with Crippen LogP contribution in [0.5, 0.6) is 11.5 Å². The van der Waals surface area contributed by atoms with Gasteiger partial charge in [0, 0.05) is 25.8 Å². The van der Waals surface area contributed by atoms with Crippen LogP contribution < -0.4 is 10.1 Å². The number of allylic oxidation sites excluding steroid dienone is 1. The second kappa shape index (κ2) is 8.56. The molecule has 1 rings (SSSR count). The Morgan fingerprint density at radius 1 is 1.37 bits per heavy atom. The van der Waals surface area contributed by atoms with E-state index in [1.807, 2.05) is 18.2 Å². The fraction of sp³-hybridized carbons (Fsp3) is 0.467. The predicted octanol–water partition coefficient (Wildman–Crippen LogP) is 2.26. The third-order valence-electron chi connectivity index (χ3n) is 2.83. The molecule has 0 bridgehead atoms. The van der Waals surface area contributed by atoms with E-state index >= 15 is 0 Å². The van der Waals surface area contributed by atoms with Crippen LogP contribution >= 0.6 is 0 Å². The van der Waals surface area contributed by atoms with Gasteiger partial charge < -0.3 is 19.9 Å². The van der Waals surface area contributed by atoms with Crippen LogP contribution in [-0.4, -0.2) is 32.5 Å². The third-order valence-corrected chi connectivity index (χ3v) is 2.83. The summed E-state index contributed by atoms with van der Waals surface area (Å²) in [7, 11) is 3.25. The summed E-state index contributed by atoms with van der Waals surface area (Å²) in [4.78, 5) is 0. The van der Waals surface area contributed by atoms with Crippen molar-refractivity contribution in [3.63, 3.8) is 0 Å². The fourth-order valence-corrected chi connectivity index (χ4v) is 1.87. The Kier molecular flexibility index (Phi) is 7.00. The zero-order valence-electron chi connectivity index (χ0n) is 11.7. The average molecular weight is 265 g/mol. The molecule has 0 aromatic heterocycles. The third kappa shape index (κ3) is 4.93. The van der Waals surface area contributed by atoms with Gasteiger partial charge in [-0.2, -0.15) is 0 Å². The van der Waals surface area contributed by atoms with Crippen LogP contribution in [0.1, 0.15) is 17.5 Å². The summed E-state index contributed by atoms with van der Waals surface area (Å²) in [6.45, 7) is 5.92. The number of hydrogen-bond donors (Lipinski definition) is 2. The molecule has 19 heavy (non-hydrogen) atoms. The van der Waals surface area contributed by atoms with E-state index in [4.69, 9.17) is 9.47 Å². The van der Waals surface area contributed by atoms with Crippen molar-refractivity contribution in [3.05, 3.63) is 35.9 Å². The van der Waals surface area contributed by atoms with Gasteiger partial charge in [0.25, 0.3) is 0 Å². The van der Waals surface area contributed by atoms with Gasteiger partial charge in [0.2, 0.25) is 0 Å². The Morgan fingerprint density at radius 3 is 2.79 bits per heavy atom. The standard InChI is InChI=1S/C15H23NO3/c1-4-6-12-9-13(11-16-7-5-8-18-2)15(17)14(10-12)19-3/h4,9-10,16-17H,1,5-8,11H2,2-3H3. The lowest BCUT2D eigenvalue weighted by molar-refractivity contribution is 0.194. The largest absolute Gasteiger partial charge is 0.504 e. The zero-order valence-corrected chi connectivity index (χ0v) is 11.7. The molecule has 0 heterocycles. The predicted molar refractivity (Wildman–Crippen MR) is 76.8 cm³/mol. The molecule has 1 aromatic rings. The molecule has 4 nitrogen and oxygen atoms in total. The first-order valence-corrected chi connectivity index (χ1v) is 6.42. The van der Waals surface area contributed by atoms with Crippen molar-refractivity contribution in [1.82, 2.24) is 5.32 Å². The summed E-state index contributed by atoms with van der Waals surface area (Å²) in [5, 5.41) is 13.3. The minimum absolute atomic E-state index is 0.203. The lowest BCUT2D eigenvalue weighted by Crippen LogP contribution is -2.16. The molecule has 0 spiro atoms. The van der Waals surface area contributed by atoms with Crippen LogP contribution in [0.25, 0.3) is 0 Å². The lowest BCUT2D eigenvalue weighted by atomic mass is 10.1. The summed E-state index contributed by atoms with van der Waals surface area (Å²) in [5.74, 6) is 0.711. The maximum Gasteiger partial charge on any atom is 0.162 e. The minimum Gasteiger partial charge on any atom is -0.504 e. The summed E-state index contributed by atoms with van der Waals surface area (Å²) in [6, 6.07) is 3.81. The zero-order chi connectivity index (χ0) is 14.1. The number of methoxy groups -OCH3 is 2. The smallest absolute Gasteiger partial charge is 0.162 e. The number of phenols is 1. The van der Waals surface area contributed by atoms with Gasteiger partial charge in [-0.25, -0.2) is 0 Å². The lowest BCUT2D eigenvalue weighted by Gasteiger charge is -2.12. The van der Waals surface area contributed by atoms with Gasteiger partial charge in [-0.1, -0.05) is 12.1 Å². The van der Waals surface area contributed by atoms with E-state index in [1.165, 1.54) is 0 Å². The highest BCUT2D eigenvalue weighted by Gasteiger charge is 2.09. The van der Waals surface area contributed by atoms with E-state index in [-0.39, 0.29) is 5.75 Å². The second-order valence-electron chi connectivity index (χ2n) is 4.32. The number of benzene rings is 1. The fourth-order valence-electron chi connectivity index (χ4n) is 1.87. The molecule has 0 aliphatic heterocycles. The van der Waals surface area contributed by atoms with Crippen molar-refractivity contribution >= 4 is 0 Å². The van der Waals surface area contributed by atoms with Crippen molar-refractivity contribution in [2.45, 2.75) is 19.4 Å². The first-order chi connectivity index (χ1) is 9.22. The van der Waals surface area contributed by atoms with Crippen LogP contribution in [0.3, 0.4) is 0 Å². The highest BCUT2D eigenvalue weighted by molar-refractivity contribution is 5.48. The number of nitrogens with one attached hydrogen (secondary N) is 1. The summed E-state index contributed by atoms with van der Waals surface area (Å²) in [5.41, 5.74) is 1.92. The van der Waals surface area contributed by atoms with Crippen molar-refractivity contribution in [2.75, 3.05) is 27.4 Å². The number of hydrogen-bond acceptors (Lipinski definition) is 4. The molecule has 0 fully saturated rings. The Labute approximate surface area is 115 Å². The highest BCUT2D eigenvalue weighted by atomic mass is 16.5. The summed E-state index contributed by atoms with van der Waals surface area (Å²) < 4.78 is 10.2. The molecular weight excluding hydrogens is 242 g/mol. The van der Waals surface area contributed by atoms with Gasteiger partial charge in [0.15, 0.2) is 11.5 Å². The Hall–Kier alpha value is -1.52. The van der Waals surface area contributed by atoms with E-state index in [2.05, 4.69) is 11.9 Å². The quantitative estimate of drug-likeness (QED) is 0.531. The van der Waals surface area contributed by atoms with Gasteiger partial charge in [0.05, 0.1) is 7.11 Å². The van der Waals surface area contributed by atoms with Gasteiger partial charge in [-0.3, -0.25) is 0 Å². The van der Waals surface area contributed by atoms with Crippen LogP contribution in [0.15, 0.2) is 24.8 Å². The van der Waals surface area contributed by atoms with Gasteiger partial charge >= 0.3 is 0 Å². The molecule has 2 N–H and O–H groups in total. The first kappa shape index (κ1) is 15.5. The molecule has 0 unspecified atom stereocenters. The topological polar surface area (TPSA) is 50.7 Å². The molecular formula is C15H23NO3. The SMILES string of the molecule is C=CCc1cc(CNCCCOC)c(O)c(OC)c1. The molecule has 1 aromatic carbocycles. The van der Waals surface area contributed by atoms with Gasteiger partial charge in [-0.15, -0.1) is 6.58 Å². The van der Waals surface area contributed by atoms with Crippen LogP contribution in [0.4, 0.5) is 0 Å². The van der Waals surface area contributed by atoms with Crippen LogP contribution in [0.2, 0.25) is 0 Å². The van der Waals surface area contributed by atoms with Crippen LogP contribution in [0, 0.1) is 0 Å². The number of ether oxygens (including phenoxy) is 2. The number of aromatic hydroxyl groups is 1. The number of rotatable bonds is 9. The summed E-state index contributed by atoms with van der Waals surface area (Å²) >= 11 is 0. The Bertz CT molecular complexity index is 405. The monoisotopic (exact) mass is 265 g/mol. The van der Waals surface area contributed by atoms with Crippen LogP contribution in [-0.2, 0) is 17.7 Å². The maximum atomic E-state index is 10.1.